The van der Waals surface area contributed by atoms with Gasteiger partial charge in [0.15, 0.2) is 17.3 Å². The Hall–Kier alpha value is -2.80. The average molecular weight is 351 g/mol. The van der Waals surface area contributed by atoms with Gasteiger partial charge in [0, 0.05) is 38.4 Å². The van der Waals surface area contributed by atoms with Gasteiger partial charge in [0.2, 0.25) is 0 Å². The molecule has 7 heteroatoms. The lowest BCUT2D eigenvalue weighted by Gasteiger charge is -2.26. The first-order chi connectivity index (χ1) is 12.9. The van der Waals surface area contributed by atoms with Crippen molar-refractivity contribution in [2.24, 2.45) is 0 Å². The van der Waals surface area contributed by atoms with Crippen LogP contribution in [0, 0.1) is 0 Å². The van der Waals surface area contributed by atoms with Crippen molar-refractivity contribution in [2.45, 2.75) is 32.2 Å². The number of hydrogen-bond donors (Lipinski definition) is 1. The molecule has 2 aromatic heterocycles. The third kappa shape index (κ3) is 2.84. The summed E-state index contributed by atoms with van der Waals surface area (Å²) in [4.78, 5) is 4.52. The Kier molecular flexibility index (Phi) is 3.86. The minimum atomic E-state index is 0.0413. The Bertz CT molecular complexity index is 893. The molecular formula is C19H21N5O2. The molecule has 7 nitrogen and oxygen atoms in total. The van der Waals surface area contributed by atoms with E-state index < -0.39 is 0 Å². The molecule has 0 bridgehead atoms. The maximum Gasteiger partial charge on any atom is 0.161 e. The molecular weight excluding hydrogens is 330 g/mol. The Morgan fingerprint density at radius 3 is 3.08 bits per heavy atom. The molecule has 0 fully saturated rings. The summed E-state index contributed by atoms with van der Waals surface area (Å²) in [5, 5.41) is 8.09. The zero-order valence-corrected chi connectivity index (χ0v) is 14.5. The minimum absolute atomic E-state index is 0.0413. The number of aryl methyl sites for hydroxylation is 1. The maximum atomic E-state index is 6.06. The molecule has 0 saturated carbocycles. The molecule has 1 atom stereocenters. The number of aromatic nitrogens is 4. The van der Waals surface area contributed by atoms with Crippen LogP contribution in [-0.2, 0) is 19.6 Å². The molecule has 5 rings (SSSR count). The Labute approximate surface area is 151 Å². The predicted molar refractivity (Wildman–Crippen MR) is 96.1 cm³/mol. The molecule has 0 saturated heterocycles. The predicted octanol–water partition coefficient (Wildman–Crippen LogP) is 2.08. The second-order valence-corrected chi connectivity index (χ2v) is 6.65. The van der Waals surface area contributed by atoms with E-state index in [1.54, 1.807) is 0 Å². The molecule has 26 heavy (non-hydrogen) atoms. The van der Waals surface area contributed by atoms with Gasteiger partial charge in [0.1, 0.15) is 18.4 Å². The van der Waals surface area contributed by atoms with Gasteiger partial charge >= 0.3 is 0 Å². The van der Waals surface area contributed by atoms with Crippen LogP contribution in [0.3, 0.4) is 0 Å². The van der Waals surface area contributed by atoms with E-state index in [0.29, 0.717) is 6.61 Å². The van der Waals surface area contributed by atoms with Crippen LogP contribution >= 0.6 is 0 Å². The number of ether oxygens (including phenoxy) is 2. The smallest absolute Gasteiger partial charge is 0.161 e. The summed E-state index contributed by atoms with van der Waals surface area (Å²) in [5.74, 6) is 2.55. The van der Waals surface area contributed by atoms with Crippen molar-refractivity contribution < 1.29 is 9.47 Å². The number of fused-ring (bicyclic) bond motifs is 2. The van der Waals surface area contributed by atoms with E-state index in [1.165, 1.54) is 5.69 Å². The van der Waals surface area contributed by atoms with Crippen LogP contribution < -0.4 is 14.8 Å². The number of para-hydroxylation sites is 2. The second kappa shape index (κ2) is 6.49. The van der Waals surface area contributed by atoms with Crippen molar-refractivity contribution in [3.05, 3.63) is 48.4 Å². The van der Waals surface area contributed by atoms with Crippen LogP contribution in [0.2, 0.25) is 0 Å². The molecule has 0 unspecified atom stereocenters. The fourth-order valence-electron chi connectivity index (χ4n) is 3.51. The fraction of sp³-hybridized carbons (Fsp3) is 0.368. The summed E-state index contributed by atoms with van der Waals surface area (Å²) in [6.07, 6.45) is 4.73. The summed E-state index contributed by atoms with van der Waals surface area (Å²) >= 11 is 0. The largest absolute Gasteiger partial charge is 0.486 e. The van der Waals surface area contributed by atoms with Gasteiger partial charge in [-0.15, -0.1) is 0 Å². The van der Waals surface area contributed by atoms with E-state index >= 15 is 0 Å². The minimum Gasteiger partial charge on any atom is -0.486 e. The third-order valence-electron chi connectivity index (χ3n) is 4.87. The number of nitrogens with one attached hydrogen (secondary N) is 1. The summed E-state index contributed by atoms with van der Waals surface area (Å²) in [6, 6.07) is 9.94. The average Bonchev–Trinajstić information content (AvgIpc) is 3.32. The number of hydrogen-bond acceptors (Lipinski definition) is 5. The summed E-state index contributed by atoms with van der Waals surface area (Å²) in [6.45, 7) is 4.11. The quantitative estimate of drug-likeness (QED) is 0.780. The van der Waals surface area contributed by atoms with Gasteiger partial charge in [0.25, 0.3) is 0 Å². The zero-order valence-electron chi connectivity index (χ0n) is 14.5. The lowest BCUT2D eigenvalue weighted by molar-refractivity contribution is 0.0817. The van der Waals surface area contributed by atoms with Crippen molar-refractivity contribution in [3.63, 3.8) is 0 Å². The number of nitrogens with zero attached hydrogens (tertiary/aromatic N) is 4. The normalized spacial score (nSPS) is 18.5. The standard InChI is InChI=1S/C19H21N5O2/c1-2-4-18-17(3-1)25-13-15(26-18)5-8-23-9-7-21-19(23)16-11-14-12-20-6-10-24(14)22-16/h1-4,7,9,11,15,20H,5-6,8,10,12-13H2/t15-/m1/s1. The number of imidazole rings is 1. The van der Waals surface area contributed by atoms with Crippen molar-refractivity contribution >= 4 is 0 Å². The van der Waals surface area contributed by atoms with Crippen molar-refractivity contribution in [1.82, 2.24) is 24.6 Å². The lowest BCUT2D eigenvalue weighted by Crippen LogP contribution is -2.30. The summed E-state index contributed by atoms with van der Waals surface area (Å²) in [5.41, 5.74) is 2.14. The van der Waals surface area contributed by atoms with E-state index in [1.807, 2.05) is 36.7 Å². The van der Waals surface area contributed by atoms with Crippen molar-refractivity contribution in [2.75, 3.05) is 13.2 Å². The van der Waals surface area contributed by atoms with E-state index in [-0.39, 0.29) is 6.10 Å². The van der Waals surface area contributed by atoms with Crippen LogP contribution in [0.1, 0.15) is 12.1 Å². The summed E-state index contributed by atoms with van der Waals surface area (Å²) in [7, 11) is 0. The lowest BCUT2D eigenvalue weighted by atomic mass is 10.2. The van der Waals surface area contributed by atoms with E-state index in [9.17, 15) is 0 Å². The van der Waals surface area contributed by atoms with Crippen LogP contribution in [0.5, 0.6) is 11.5 Å². The maximum absolute atomic E-state index is 6.06. The van der Waals surface area contributed by atoms with Gasteiger partial charge in [-0.1, -0.05) is 12.1 Å². The highest BCUT2D eigenvalue weighted by atomic mass is 16.6. The molecule has 134 valence electrons. The van der Waals surface area contributed by atoms with E-state index in [4.69, 9.17) is 14.6 Å². The Morgan fingerprint density at radius 2 is 2.15 bits per heavy atom. The molecule has 0 aliphatic carbocycles. The molecule has 0 radical (unpaired) electrons. The zero-order chi connectivity index (χ0) is 17.3. The highest BCUT2D eigenvalue weighted by Crippen LogP contribution is 2.31. The topological polar surface area (TPSA) is 66.1 Å². The number of rotatable bonds is 4. The first kappa shape index (κ1) is 15.5. The molecule has 2 aliphatic rings. The Balaban J connectivity index is 1.29. The van der Waals surface area contributed by atoms with Gasteiger partial charge in [0.05, 0.1) is 12.2 Å². The molecule has 2 aliphatic heterocycles. The van der Waals surface area contributed by atoms with Crippen LogP contribution in [-0.4, -0.2) is 38.6 Å². The molecule has 1 N–H and O–H groups in total. The molecule has 0 spiro atoms. The summed E-state index contributed by atoms with van der Waals surface area (Å²) < 4.78 is 16.1. The molecule has 3 aromatic rings. The fourth-order valence-corrected chi connectivity index (χ4v) is 3.51. The van der Waals surface area contributed by atoms with E-state index in [2.05, 4.69) is 25.6 Å². The first-order valence-electron chi connectivity index (χ1n) is 9.04. The van der Waals surface area contributed by atoms with Crippen LogP contribution in [0.25, 0.3) is 11.5 Å². The van der Waals surface area contributed by atoms with Gasteiger partial charge in [-0.3, -0.25) is 4.68 Å². The highest BCUT2D eigenvalue weighted by molar-refractivity contribution is 5.50. The number of benzene rings is 1. The molecule has 4 heterocycles. The Morgan fingerprint density at radius 1 is 1.23 bits per heavy atom. The van der Waals surface area contributed by atoms with Gasteiger partial charge in [-0.05, 0) is 18.2 Å². The van der Waals surface area contributed by atoms with Crippen LogP contribution in [0.15, 0.2) is 42.7 Å². The molecule has 0 amide bonds. The van der Waals surface area contributed by atoms with Gasteiger partial charge in [-0.25, -0.2) is 4.98 Å². The SMILES string of the molecule is c1ccc2c(c1)OC[C@@H](CCn1ccnc1-c1cc3n(n1)CCNC3)O2. The third-order valence-corrected chi connectivity index (χ3v) is 4.87. The second-order valence-electron chi connectivity index (χ2n) is 6.65. The first-order valence-corrected chi connectivity index (χ1v) is 9.04. The van der Waals surface area contributed by atoms with Gasteiger partial charge in [-0.2, -0.15) is 5.10 Å². The molecule has 1 aromatic carbocycles. The van der Waals surface area contributed by atoms with Crippen molar-refractivity contribution in [3.8, 4) is 23.0 Å². The van der Waals surface area contributed by atoms with Gasteiger partial charge < -0.3 is 19.4 Å². The highest BCUT2D eigenvalue weighted by Gasteiger charge is 2.21. The van der Waals surface area contributed by atoms with Crippen LogP contribution in [0.4, 0.5) is 0 Å². The monoisotopic (exact) mass is 351 g/mol. The van der Waals surface area contributed by atoms with E-state index in [0.717, 1.165) is 55.6 Å². The van der Waals surface area contributed by atoms with Crippen molar-refractivity contribution in [1.29, 1.82) is 0 Å².